The summed E-state index contributed by atoms with van der Waals surface area (Å²) in [5.74, 6) is 0.953. The van der Waals surface area contributed by atoms with E-state index in [4.69, 9.17) is 27.6 Å². The van der Waals surface area contributed by atoms with Crippen LogP contribution in [0.2, 0.25) is 0 Å². The smallest absolute Gasteiger partial charge is 0.166 e. The molecule has 0 aliphatic carbocycles. The van der Waals surface area contributed by atoms with Crippen molar-refractivity contribution in [2.45, 2.75) is 0 Å². The van der Waals surface area contributed by atoms with E-state index in [1.165, 1.54) is 4.57 Å². The van der Waals surface area contributed by atoms with Crippen LogP contribution in [-0.2, 0) is 0 Å². The second kappa shape index (κ2) is 13.0. The molecule has 0 atom stereocenters. The Kier molecular flexibility index (Phi) is 5.74. The summed E-state index contributed by atoms with van der Waals surface area (Å²) in [6, 6.07) is 42.9. The van der Waals surface area contributed by atoms with Crippen molar-refractivity contribution in [1.82, 2.24) is 19.5 Å². The lowest BCUT2D eigenvalue weighted by Gasteiger charge is -2.16. The van der Waals surface area contributed by atoms with Crippen molar-refractivity contribution in [3.05, 3.63) is 194 Å². The summed E-state index contributed by atoms with van der Waals surface area (Å²) < 4.78 is 79.4. The fraction of sp³-hybridized carbons (Fsp3) is 0. The highest BCUT2D eigenvalue weighted by Crippen LogP contribution is 2.41. The standard InChI is InChI=1S/C51H32N4O/c1-3-15-33(16-4-1)35-19-13-20-37(31-35)50-52-49(34-17-5-2-6-18-34)53-51(54-50)42-32-36(38-24-14-28-47-48(38)41-23-9-12-27-46(41)56-47)29-30-45(42)55-43-25-10-7-21-39(43)40-22-8-11-26-44(40)55/h1-32H/i7D,8D,10D,11D,21D,22D,25D,26D. The predicted octanol–water partition coefficient (Wildman–Crippen LogP) is 13.2. The van der Waals surface area contributed by atoms with Gasteiger partial charge in [0.25, 0.3) is 0 Å². The molecule has 0 N–H and O–H groups in total. The number of furan rings is 1. The summed E-state index contributed by atoms with van der Waals surface area (Å²) in [4.78, 5) is 15.4. The van der Waals surface area contributed by atoms with Gasteiger partial charge >= 0.3 is 0 Å². The molecule has 0 aliphatic heterocycles. The molecule has 5 heteroatoms. The number of rotatable bonds is 6. The second-order valence-corrected chi connectivity index (χ2v) is 13.4. The fourth-order valence-corrected chi connectivity index (χ4v) is 7.56. The van der Waals surface area contributed by atoms with Gasteiger partial charge in [-0.2, -0.15) is 0 Å². The molecule has 3 heterocycles. The Bertz CT molecular complexity index is 3640. The Hall–Kier alpha value is -7.63. The van der Waals surface area contributed by atoms with Crippen LogP contribution < -0.4 is 0 Å². The van der Waals surface area contributed by atoms with Gasteiger partial charge in [0.05, 0.1) is 27.7 Å². The topological polar surface area (TPSA) is 56.7 Å². The summed E-state index contributed by atoms with van der Waals surface area (Å²) in [6.45, 7) is 0. The van der Waals surface area contributed by atoms with Crippen LogP contribution in [0.25, 0.3) is 106 Å². The predicted molar refractivity (Wildman–Crippen MR) is 229 cm³/mol. The third-order valence-corrected chi connectivity index (χ3v) is 10.1. The highest BCUT2D eigenvalue weighted by atomic mass is 16.3. The van der Waals surface area contributed by atoms with Crippen molar-refractivity contribution in [2.24, 2.45) is 0 Å². The lowest BCUT2D eigenvalue weighted by molar-refractivity contribution is 0.669. The number of aromatic nitrogens is 4. The van der Waals surface area contributed by atoms with Crippen LogP contribution in [0.1, 0.15) is 11.0 Å². The van der Waals surface area contributed by atoms with Crippen molar-refractivity contribution in [3.63, 3.8) is 0 Å². The van der Waals surface area contributed by atoms with Gasteiger partial charge in [0, 0.05) is 38.2 Å². The van der Waals surface area contributed by atoms with Gasteiger partial charge in [0.15, 0.2) is 17.5 Å². The van der Waals surface area contributed by atoms with Gasteiger partial charge in [-0.3, -0.25) is 0 Å². The van der Waals surface area contributed by atoms with E-state index in [1.54, 1.807) is 6.07 Å². The monoisotopic (exact) mass is 724 g/mol. The summed E-state index contributed by atoms with van der Waals surface area (Å²) in [6.07, 6.45) is 0. The highest BCUT2D eigenvalue weighted by molar-refractivity contribution is 6.13. The number of para-hydroxylation sites is 3. The number of hydrogen-bond donors (Lipinski definition) is 0. The van der Waals surface area contributed by atoms with E-state index in [0.29, 0.717) is 28.5 Å². The maximum Gasteiger partial charge on any atom is 0.166 e. The van der Waals surface area contributed by atoms with Crippen molar-refractivity contribution in [3.8, 4) is 62.1 Å². The van der Waals surface area contributed by atoms with Crippen molar-refractivity contribution >= 4 is 43.7 Å². The largest absolute Gasteiger partial charge is 0.456 e. The first-order valence-electron chi connectivity index (χ1n) is 22.1. The van der Waals surface area contributed by atoms with Gasteiger partial charge in [0.2, 0.25) is 0 Å². The van der Waals surface area contributed by atoms with Crippen molar-refractivity contribution in [1.29, 1.82) is 0 Å². The molecule has 0 bridgehead atoms. The van der Waals surface area contributed by atoms with E-state index < -0.39 is 48.3 Å². The SMILES string of the molecule is [2H]c1c([2H])c([2H])c2c(c1[2H])c1c([2H])c([2H])c([2H])c([2H])c1n2-c1ccc(-c2cccc3oc4ccccc4c23)cc1-c1nc(-c2ccccc2)nc(-c2cccc(-c3ccccc3)c2)n1. The van der Waals surface area contributed by atoms with E-state index in [2.05, 4.69) is 0 Å². The lowest BCUT2D eigenvalue weighted by Crippen LogP contribution is -2.04. The van der Waals surface area contributed by atoms with E-state index in [0.717, 1.165) is 49.7 Å². The molecule has 3 aromatic heterocycles. The molecule has 0 spiro atoms. The molecule has 0 amide bonds. The van der Waals surface area contributed by atoms with Gasteiger partial charge in [-0.05, 0) is 64.7 Å². The molecular weight excluding hydrogens is 685 g/mol. The number of benzene rings is 8. The first-order valence-corrected chi connectivity index (χ1v) is 18.1. The molecule has 0 saturated heterocycles. The van der Waals surface area contributed by atoms with Crippen molar-refractivity contribution < 1.29 is 15.4 Å². The van der Waals surface area contributed by atoms with Gasteiger partial charge < -0.3 is 8.98 Å². The first kappa shape index (κ1) is 24.6. The molecule has 56 heavy (non-hydrogen) atoms. The maximum absolute atomic E-state index is 9.30. The molecule has 0 aliphatic rings. The van der Waals surface area contributed by atoms with Gasteiger partial charge in [-0.1, -0.05) is 152 Å². The van der Waals surface area contributed by atoms with Crippen molar-refractivity contribution in [2.75, 3.05) is 0 Å². The van der Waals surface area contributed by atoms with Crippen LogP contribution in [0.3, 0.4) is 0 Å². The van der Waals surface area contributed by atoms with Gasteiger partial charge in [-0.25, -0.2) is 15.0 Å². The Labute approximate surface area is 334 Å². The van der Waals surface area contributed by atoms with Crippen LogP contribution in [-0.4, -0.2) is 19.5 Å². The molecule has 0 unspecified atom stereocenters. The Morgan fingerprint density at radius 3 is 1.77 bits per heavy atom. The molecule has 0 radical (unpaired) electrons. The average Bonchev–Trinajstić information content (AvgIpc) is 3.91. The normalized spacial score (nSPS) is 13.6. The molecule has 0 fully saturated rings. The zero-order chi connectivity index (χ0) is 44.0. The third-order valence-electron chi connectivity index (χ3n) is 10.1. The first-order chi connectivity index (χ1) is 31.1. The zero-order valence-electron chi connectivity index (χ0n) is 37.6. The summed E-state index contributed by atoms with van der Waals surface area (Å²) >= 11 is 0. The number of hydrogen-bond acceptors (Lipinski definition) is 4. The molecule has 5 nitrogen and oxygen atoms in total. The van der Waals surface area contributed by atoms with Gasteiger partial charge in [-0.15, -0.1) is 0 Å². The summed E-state index contributed by atoms with van der Waals surface area (Å²) in [5, 5.41) is 1.74. The van der Waals surface area contributed by atoms with E-state index in [1.807, 2.05) is 140 Å². The maximum atomic E-state index is 9.30. The molecule has 8 aromatic carbocycles. The second-order valence-electron chi connectivity index (χ2n) is 13.4. The quantitative estimate of drug-likeness (QED) is 0.171. The van der Waals surface area contributed by atoms with Crippen LogP contribution >= 0.6 is 0 Å². The molecule has 262 valence electrons. The Morgan fingerprint density at radius 1 is 0.411 bits per heavy atom. The van der Waals surface area contributed by atoms with E-state index in [9.17, 15) is 2.74 Å². The molecule has 0 saturated carbocycles. The fourth-order valence-electron chi connectivity index (χ4n) is 7.56. The molecular formula is C51H32N4O. The highest BCUT2D eigenvalue weighted by Gasteiger charge is 2.21. The van der Waals surface area contributed by atoms with Crippen LogP contribution in [0, 0.1) is 0 Å². The van der Waals surface area contributed by atoms with Crippen LogP contribution in [0.5, 0.6) is 0 Å². The molecule has 11 rings (SSSR count). The minimum Gasteiger partial charge on any atom is -0.456 e. The molecule has 11 aromatic rings. The minimum atomic E-state index is -0.521. The van der Waals surface area contributed by atoms with E-state index >= 15 is 0 Å². The van der Waals surface area contributed by atoms with Crippen LogP contribution in [0.4, 0.5) is 0 Å². The number of fused-ring (bicyclic) bond motifs is 6. The Morgan fingerprint density at radius 2 is 1.00 bits per heavy atom. The zero-order valence-corrected chi connectivity index (χ0v) is 29.6. The third kappa shape index (κ3) is 5.29. The minimum absolute atomic E-state index is 0.0157. The van der Waals surface area contributed by atoms with Crippen LogP contribution in [0.15, 0.2) is 198 Å². The summed E-state index contributed by atoms with van der Waals surface area (Å²) in [5.41, 5.74) is 7.09. The average molecular weight is 725 g/mol. The Balaban J connectivity index is 1.28. The number of nitrogens with zero attached hydrogens (tertiary/aromatic N) is 4. The lowest BCUT2D eigenvalue weighted by atomic mass is 9.96. The van der Waals surface area contributed by atoms with Gasteiger partial charge in [0.1, 0.15) is 11.2 Å². The summed E-state index contributed by atoms with van der Waals surface area (Å²) in [7, 11) is 0. The van der Waals surface area contributed by atoms with E-state index in [-0.39, 0.29) is 27.6 Å².